The quantitative estimate of drug-likeness (QED) is 0.835. The molecule has 1 fully saturated rings. The number of nitrogens with one attached hydrogen (secondary N) is 1. The van der Waals surface area contributed by atoms with Gasteiger partial charge >= 0.3 is 5.97 Å². The van der Waals surface area contributed by atoms with Crippen LogP contribution in [0.3, 0.4) is 0 Å². The first kappa shape index (κ1) is 15.8. The van der Waals surface area contributed by atoms with E-state index in [0.29, 0.717) is 5.82 Å². The first-order chi connectivity index (χ1) is 11.2. The number of esters is 1. The van der Waals surface area contributed by atoms with Crippen LogP contribution in [-0.4, -0.2) is 28.5 Å². The number of hydrogen-bond donors (Lipinski definition) is 1. The fourth-order valence-corrected chi connectivity index (χ4v) is 3.82. The highest BCUT2D eigenvalue weighted by Crippen LogP contribution is 2.35. The number of anilines is 2. The Morgan fingerprint density at radius 1 is 1.13 bits per heavy atom. The Balaban J connectivity index is 1.60. The van der Waals surface area contributed by atoms with Gasteiger partial charge in [-0.05, 0) is 49.2 Å². The minimum atomic E-state index is -0.489. The van der Waals surface area contributed by atoms with Crippen LogP contribution >= 0.6 is 11.8 Å². The van der Waals surface area contributed by atoms with E-state index >= 15 is 0 Å². The fraction of sp³-hybridized carbons (Fsp3) is 0.353. The standard InChI is InChI=1S/C17H19N3O2S/c1-22-17(21)15-10-11-16(20-19-15)18-12-6-8-14(9-7-12)23-13-4-2-3-5-13/h6-11,13H,2-5H2,1H3,(H,18,20). The Kier molecular flexibility index (Phi) is 5.12. The molecule has 0 bridgehead atoms. The minimum absolute atomic E-state index is 0.196. The number of carbonyl (C=O) groups is 1. The molecule has 0 amide bonds. The molecule has 0 spiro atoms. The lowest BCUT2D eigenvalue weighted by atomic mass is 10.3. The van der Waals surface area contributed by atoms with Crippen LogP contribution in [0.25, 0.3) is 0 Å². The minimum Gasteiger partial charge on any atom is -0.464 e. The van der Waals surface area contributed by atoms with Gasteiger partial charge in [0.2, 0.25) is 0 Å². The summed E-state index contributed by atoms with van der Waals surface area (Å²) in [5, 5.41) is 11.8. The van der Waals surface area contributed by atoms with Crippen LogP contribution in [0.15, 0.2) is 41.3 Å². The van der Waals surface area contributed by atoms with Crippen LogP contribution in [0.2, 0.25) is 0 Å². The zero-order valence-electron chi connectivity index (χ0n) is 13.0. The van der Waals surface area contributed by atoms with Gasteiger partial charge in [-0.3, -0.25) is 0 Å². The second-order valence-corrected chi connectivity index (χ2v) is 6.84. The number of hydrogen-bond acceptors (Lipinski definition) is 6. The lowest BCUT2D eigenvalue weighted by molar-refractivity contribution is 0.0593. The summed E-state index contributed by atoms with van der Waals surface area (Å²) in [4.78, 5) is 12.6. The smallest absolute Gasteiger partial charge is 0.358 e. The molecule has 3 rings (SSSR count). The highest BCUT2D eigenvalue weighted by molar-refractivity contribution is 8.00. The van der Waals surface area contributed by atoms with Crippen molar-refractivity contribution in [1.29, 1.82) is 0 Å². The van der Waals surface area contributed by atoms with Crippen molar-refractivity contribution in [2.75, 3.05) is 12.4 Å². The zero-order chi connectivity index (χ0) is 16.1. The number of methoxy groups -OCH3 is 1. The summed E-state index contributed by atoms with van der Waals surface area (Å²) in [6.07, 6.45) is 5.37. The Labute approximate surface area is 139 Å². The van der Waals surface area contributed by atoms with E-state index in [9.17, 15) is 4.79 Å². The van der Waals surface area contributed by atoms with Crippen LogP contribution in [-0.2, 0) is 4.74 Å². The summed E-state index contributed by atoms with van der Waals surface area (Å²) < 4.78 is 4.60. The highest BCUT2D eigenvalue weighted by atomic mass is 32.2. The van der Waals surface area contributed by atoms with Crippen molar-refractivity contribution < 1.29 is 9.53 Å². The van der Waals surface area contributed by atoms with Gasteiger partial charge in [0.15, 0.2) is 11.5 Å². The summed E-state index contributed by atoms with van der Waals surface area (Å²) in [7, 11) is 1.32. The first-order valence-corrected chi connectivity index (χ1v) is 8.58. The maximum atomic E-state index is 11.3. The van der Waals surface area contributed by atoms with Crippen molar-refractivity contribution in [3.05, 3.63) is 42.1 Å². The topological polar surface area (TPSA) is 64.1 Å². The summed E-state index contributed by atoms with van der Waals surface area (Å²) in [5.41, 5.74) is 1.14. The van der Waals surface area contributed by atoms with E-state index in [1.165, 1.54) is 37.7 Å². The third kappa shape index (κ3) is 4.22. The van der Waals surface area contributed by atoms with E-state index in [1.807, 2.05) is 23.9 Å². The van der Waals surface area contributed by atoms with Crippen LogP contribution < -0.4 is 5.32 Å². The van der Waals surface area contributed by atoms with Gasteiger partial charge in [0, 0.05) is 15.8 Å². The summed E-state index contributed by atoms with van der Waals surface area (Å²) in [5.74, 6) is 0.103. The maximum Gasteiger partial charge on any atom is 0.358 e. The molecule has 1 aromatic heterocycles. The molecular formula is C17H19N3O2S. The molecule has 23 heavy (non-hydrogen) atoms. The summed E-state index contributed by atoms with van der Waals surface area (Å²) in [6.45, 7) is 0. The Bertz CT molecular complexity index is 653. The van der Waals surface area contributed by atoms with Gasteiger partial charge in [0.1, 0.15) is 0 Å². The Morgan fingerprint density at radius 3 is 2.48 bits per heavy atom. The lowest BCUT2D eigenvalue weighted by Crippen LogP contribution is -2.06. The van der Waals surface area contributed by atoms with Gasteiger partial charge < -0.3 is 10.1 Å². The molecule has 0 unspecified atom stereocenters. The van der Waals surface area contributed by atoms with Crippen molar-refractivity contribution >= 4 is 29.2 Å². The normalized spacial score (nSPS) is 14.7. The number of aromatic nitrogens is 2. The third-order valence-electron chi connectivity index (χ3n) is 3.79. The molecule has 1 aliphatic carbocycles. The fourth-order valence-electron chi connectivity index (χ4n) is 2.58. The average molecular weight is 329 g/mol. The van der Waals surface area contributed by atoms with Crippen molar-refractivity contribution in [2.24, 2.45) is 0 Å². The predicted octanol–water partition coefficient (Wildman–Crippen LogP) is 4.04. The Morgan fingerprint density at radius 2 is 1.87 bits per heavy atom. The van der Waals surface area contributed by atoms with Crippen LogP contribution in [0.1, 0.15) is 36.2 Å². The van der Waals surface area contributed by atoms with E-state index in [4.69, 9.17) is 0 Å². The first-order valence-electron chi connectivity index (χ1n) is 7.70. The molecule has 1 aromatic carbocycles. The third-order valence-corrected chi connectivity index (χ3v) is 5.14. The molecule has 0 saturated heterocycles. The summed E-state index contributed by atoms with van der Waals surface area (Å²) >= 11 is 1.97. The molecular weight excluding hydrogens is 310 g/mol. The number of nitrogens with zero attached hydrogens (tertiary/aromatic N) is 2. The van der Waals surface area contributed by atoms with Gasteiger partial charge in [0.05, 0.1) is 7.11 Å². The monoisotopic (exact) mass is 329 g/mol. The molecule has 6 heteroatoms. The van der Waals surface area contributed by atoms with Gasteiger partial charge in [0.25, 0.3) is 0 Å². The van der Waals surface area contributed by atoms with Crippen molar-refractivity contribution in [3.63, 3.8) is 0 Å². The van der Waals surface area contributed by atoms with Crippen molar-refractivity contribution in [2.45, 2.75) is 35.8 Å². The SMILES string of the molecule is COC(=O)c1ccc(Nc2ccc(SC3CCCC3)cc2)nn1. The average Bonchev–Trinajstić information content (AvgIpc) is 3.10. The van der Waals surface area contributed by atoms with Crippen LogP contribution in [0, 0.1) is 0 Å². The van der Waals surface area contributed by atoms with E-state index in [-0.39, 0.29) is 5.69 Å². The second kappa shape index (κ2) is 7.46. The predicted molar refractivity (Wildman–Crippen MR) is 91.2 cm³/mol. The van der Waals surface area contributed by atoms with Crippen molar-refractivity contribution in [1.82, 2.24) is 10.2 Å². The maximum absolute atomic E-state index is 11.3. The number of ether oxygens (including phenoxy) is 1. The van der Waals surface area contributed by atoms with Gasteiger partial charge in [-0.25, -0.2) is 4.79 Å². The molecule has 5 nitrogen and oxygen atoms in total. The van der Waals surface area contributed by atoms with Crippen molar-refractivity contribution in [3.8, 4) is 0 Å². The zero-order valence-corrected chi connectivity index (χ0v) is 13.8. The van der Waals surface area contributed by atoms with E-state index in [0.717, 1.165) is 10.9 Å². The summed E-state index contributed by atoms with van der Waals surface area (Å²) in [6, 6.07) is 11.6. The van der Waals surface area contributed by atoms with E-state index in [2.05, 4.69) is 32.4 Å². The lowest BCUT2D eigenvalue weighted by Gasteiger charge is -2.10. The number of rotatable bonds is 5. The van der Waals surface area contributed by atoms with Crippen LogP contribution in [0.5, 0.6) is 0 Å². The van der Waals surface area contributed by atoms with E-state index in [1.54, 1.807) is 12.1 Å². The van der Waals surface area contributed by atoms with Gasteiger partial charge in [-0.2, -0.15) is 0 Å². The molecule has 1 N–H and O–H groups in total. The molecule has 120 valence electrons. The number of benzene rings is 1. The van der Waals surface area contributed by atoms with E-state index < -0.39 is 5.97 Å². The van der Waals surface area contributed by atoms with Gasteiger partial charge in [-0.1, -0.05) is 12.8 Å². The molecule has 2 aromatic rings. The molecule has 1 aliphatic rings. The number of thioether (sulfide) groups is 1. The largest absolute Gasteiger partial charge is 0.464 e. The highest BCUT2D eigenvalue weighted by Gasteiger charge is 2.15. The van der Waals surface area contributed by atoms with Crippen LogP contribution in [0.4, 0.5) is 11.5 Å². The molecule has 1 saturated carbocycles. The molecule has 0 aliphatic heterocycles. The number of carbonyl (C=O) groups excluding carboxylic acids is 1. The molecule has 0 radical (unpaired) electrons. The molecule has 1 heterocycles. The van der Waals surface area contributed by atoms with Gasteiger partial charge in [-0.15, -0.1) is 22.0 Å². The Hall–Kier alpha value is -2.08. The second-order valence-electron chi connectivity index (χ2n) is 5.47. The molecule has 0 atom stereocenters.